The summed E-state index contributed by atoms with van der Waals surface area (Å²) < 4.78 is 1.36. The van der Waals surface area contributed by atoms with Crippen LogP contribution in [0.1, 0.15) is 50.0 Å². The van der Waals surface area contributed by atoms with Gasteiger partial charge in [-0.3, -0.25) is 9.59 Å². The summed E-state index contributed by atoms with van der Waals surface area (Å²) in [6.45, 7) is 4.49. The van der Waals surface area contributed by atoms with Crippen molar-refractivity contribution in [1.29, 1.82) is 0 Å². The van der Waals surface area contributed by atoms with Crippen molar-refractivity contribution in [2.24, 2.45) is 5.92 Å². The summed E-state index contributed by atoms with van der Waals surface area (Å²) in [5.74, 6) is 0.304. The molecule has 0 radical (unpaired) electrons. The van der Waals surface area contributed by atoms with Gasteiger partial charge in [-0.25, -0.2) is 4.68 Å². The van der Waals surface area contributed by atoms with E-state index < -0.39 is 0 Å². The van der Waals surface area contributed by atoms with Gasteiger partial charge >= 0.3 is 0 Å². The molecule has 1 aromatic carbocycles. The summed E-state index contributed by atoms with van der Waals surface area (Å²) in [5.41, 5.74) is 0.200. The number of carbonyl (C=O) groups excluding carboxylic acids is 1. The molecule has 1 heterocycles. The topological polar surface area (TPSA) is 64.0 Å². The largest absolute Gasteiger partial charge is 0.348 e. The normalized spacial score (nSPS) is 21.3. The molecular formula is C18H23N3O2. The Kier molecular flexibility index (Phi) is 4.46. The number of nitrogens with one attached hydrogen (secondary N) is 1. The van der Waals surface area contributed by atoms with Gasteiger partial charge in [0.05, 0.1) is 5.39 Å². The van der Waals surface area contributed by atoms with Crippen LogP contribution in [0.4, 0.5) is 0 Å². The molecule has 5 heteroatoms. The van der Waals surface area contributed by atoms with Crippen molar-refractivity contribution in [2.45, 2.75) is 52.1 Å². The van der Waals surface area contributed by atoms with Crippen LogP contribution in [0.2, 0.25) is 0 Å². The van der Waals surface area contributed by atoms with Gasteiger partial charge in [-0.05, 0) is 31.7 Å². The average Bonchev–Trinajstić information content (AvgIpc) is 2.57. The van der Waals surface area contributed by atoms with Crippen molar-refractivity contribution in [1.82, 2.24) is 15.1 Å². The molecule has 3 rings (SSSR count). The summed E-state index contributed by atoms with van der Waals surface area (Å²) in [5, 5.41) is 8.61. The number of rotatable bonds is 3. The maximum absolute atomic E-state index is 12.8. The molecule has 0 aliphatic heterocycles. The molecule has 1 aromatic heterocycles. The number of aryl methyl sites for hydroxylation is 1. The highest BCUT2D eigenvalue weighted by atomic mass is 16.2. The Balaban J connectivity index is 2.00. The lowest BCUT2D eigenvalue weighted by Gasteiger charge is -2.29. The van der Waals surface area contributed by atoms with E-state index in [1.54, 1.807) is 12.1 Å². The second-order valence-electron chi connectivity index (χ2n) is 6.36. The summed E-state index contributed by atoms with van der Waals surface area (Å²) in [6, 6.07) is 7.39. The highest BCUT2D eigenvalue weighted by molar-refractivity contribution is 6.04. The Morgan fingerprint density at radius 1 is 1.26 bits per heavy atom. The van der Waals surface area contributed by atoms with Crippen molar-refractivity contribution in [3.05, 3.63) is 40.3 Å². The van der Waals surface area contributed by atoms with E-state index in [2.05, 4.69) is 17.3 Å². The molecule has 1 aliphatic carbocycles. The van der Waals surface area contributed by atoms with E-state index in [0.717, 1.165) is 19.3 Å². The van der Waals surface area contributed by atoms with E-state index in [1.807, 2.05) is 19.1 Å². The summed E-state index contributed by atoms with van der Waals surface area (Å²) in [6.07, 6.45) is 4.54. The minimum atomic E-state index is -0.179. The van der Waals surface area contributed by atoms with Gasteiger partial charge in [0.15, 0.2) is 5.69 Å². The van der Waals surface area contributed by atoms with E-state index in [4.69, 9.17) is 0 Å². The Labute approximate surface area is 135 Å². The summed E-state index contributed by atoms with van der Waals surface area (Å²) in [7, 11) is 0. The second-order valence-corrected chi connectivity index (χ2v) is 6.36. The monoisotopic (exact) mass is 313 g/mol. The Bertz CT molecular complexity index is 781. The quantitative estimate of drug-likeness (QED) is 0.947. The molecule has 0 bridgehead atoms. The SMILES string of the molecule is CCn1nc(C(=O)N[C@H]2CCCC[C@@H]2C)c2ccccc2c1=O. The van der Waals surface area contributed by atoms with Crippen LogP contribution in [0.5, 0.6) is 0 Å². The molecule has 23 heavy (non-hydrogen) atoms. The number of carbonyl (C=O) groups is 1. The molecule has 1 aliphatic rings. The fourth-order valence-electron chi connectivity index (χ4n) is 3.38. The van der Waals surface area contributed by atoms with Crippen LogP contribution in [0.25, 0.3) is 10.8 Å². The lowest BCUT2D eigenvalue weighted by atomic mass is 9.86. The standard InChI is InChI=1S/C18H23N3O2/c1-3-21-18(23)14-10-6-5-9-13(14)16(20-21)17(22)19-15-11-7-4-8-12(15)2/h5-6,9-10,12,15H,3-4,7-8,11H2,1-2H3,(H,19,22)/t12-,15-/m0/s1. The van der Waals surface area contributed by atoms with E-state index in [1.165, 1.54) is 11.1 Å². The molecule has 5 nitrogen and oxygen atoms in total. The van der Waals surface area contributed by atoms with Gasteiger partial charge < -0.3 is 5.32 Å². The number of nitrogens with zero attached hydrogens (tertiary/aromatic N) is 2. The zero-order chi connectivity index (χ0) is 16.4. The lowest BCUT2D eigenvalue weighted by molar-refractivity contribution is 0.0904. The van der Waals surface area contributed by atoms with Gasteiger partial charge in [0.25, 0.3) is 11.5 Å². The maximum Gasteiger partial charge on any atom is 0.274 e. The molecule has 1 N–H and O–H groups in total. The van der Waals surface area contributed by atoms with Crippen molar-refractivity contribution in [2.75, 3.05) is 0 Å². The molecule has 2 aromatic rings. The van der Waals surface area contributed by atoms with Gasteiger partial charge in [0.1, 0.15) is 0 Å². The summed E-state index contributed by atoms with van der Waals surface area (Å²) in [4.78, 5) is 25.1. The second kappa shape index (κ2) is 6.52. The van der Waals surface area contributed by atoms with Gasteiger partial charge in [-0.15, -0.1) is 0 Å². The first-order chi connectivity index (χ1) is 11.1. The predicted molar refractivity (Wildman–Crippen MR) is 90.6 cm³/mol. The smallest absolute Gasteiger partial charge is 0.274 e. The Morgan fingerprint density at radius 3 is 2.65 bits per heavy atom. The minimum absolute atomic E-state index is 0.148. The fraction of sp³-hybridized carbons (Fsp3) is 0.500. The molecule has 0 saturated heterocycles. The third kappa shape index (κ3) is 3.00. The molecule has 1 amide bonds. The zero-order valence-electron chi connectivity index (χ0n) is 13.7. The van der Waals surface area contributed by atoms with E-state index >= 15 is 0 Å². The van der Waals surface area contributed by atoms with Crippen LogP contribution in [0, 0.1) is 5.92 Å². The van der Waals surface area contributed by atoms with Crippen LogP contribution in [0.3, 0.4) is 0 Å². The zero-order valence-corrected chi connectivity index (χ0v) is 13.7. The first kappa shape index (κ1) is 15.7. The van der Waals surface area contributed by atoms with E-state index in [0.29, 0.717) is 28.9 Å². The van der Waals surface area contributed by atoms with Gasteiger partial charge in [0, 0.05) is 18.0 Å². The molecule has 1 fully saturated rings. The first-order valence-electron chi connectivity index (χ1n) is 8.42. The van der Waals surface area contributed by atoms with Crippen molar-refractivity contribution >= 4 is 16.7 Å². The fourth-order valence-corrected chi connectivity index (χ4v) is 3.38. The molecule has 2 atom stereocenters. The number of aromatic nitrogens is 2. The van der Waals surface area contributed by atoms with Crippen molar-refractivity contribution in [3.8, 4) is 0 Å². The van der Waals surface area contributed by atoms with Gasteiger partial charge in [0.2, 0.25) is 0 Å². The lowest BCUT2D eigenvalue weighted by Crippen LogP contribution is -2.42. The molecule has 122 valence electrons. The number of hydrogen-bond acceptors (Lipinski definition) is 3. The number of fused-ring (bicyclic) bond motifs is 1. The molecule has 1 saturated carbocycles. The predicted octanol–water partition coefficient (Wildman–Crippen LogP) is 2.72. The van der Waals surface area contributed by atoms with Gasteiger partial charge in [-0.1, -0.05) is 38.0 Å². The van der Waals surface area contributed by atoms with Crippen LogP contribution < -0.4 is 10.9 Å². The average molecular weight is 313 g/mol. The minimum Gasteiger partial charge on any atom is -0.348 e. The highest BCUT2D eigenvalue weighted by Crippen LogP contribution is 2.24. The van der Waals surface area contributed by atoms with Gasteiger partial charge in [-0.2, -0.15) is 5.10 Å². The van der Waals surface area contributed by atoms with Crippen molar-refractivity contribution in [3.63, 3.8) is 0 Å². The van der Waals surface area contributed by atoms with Crippen LogP contribution in [-0.2, 0) is 6.54 Å². The molecule has 0 spiro atoms. The number of benzene rings is 1. The van der Waals surface area contributed by atoms with Crippen LogP contribution in [-0.4, -0.2) is 21.7 Å². The molecule has 0 unspecified atom stereocenters. The van der Waals surface area contributed by atoms with Crippen LogP contribution in [0.15, 0.2) is 29.1 Å². The Hall–Kier alpha value is -2.17. The van der Waals surface area contributed by atoms with Crippen molar-refractivity contribution < 1.29 is 4.79 Å². The Morgan fingerprint density at radius 2 is 1.96 bits per heavy atom. The third-order valence-corrected chi connectivity index (χ3v) is 4.81. The van der Waals surface area contributed by atoms with E-state index in [-0.39, 0.29) is 17.5 Å². The number of amides is 1. The number of hydrogen-bond donors (Lipinski definition) is 1. The highest BCUT2D eigenvalue weighted by Gasteiger charge is 2.25. The summed E-state index contributed by atoms with van der Waals surface area (Å²) >= 11 is 0. The molecular weight excluding hydrogens is 290 g/mol. The van der Waals surface area contributed by atoms with E-state index in [9.17, 15) is 9.59 Å². The first-order valence-corrected chi connectivity index (χ1v) is 8.42. The third-order valence-electron chi connectivity index (χ3n) is 4.81. The maximum atomic E-state index is 12.8. The van der Waals surface area contributed by atoms with Crippen LogP contribution >= 0.6 is 0 Å².